The van der Waals surface area contributed by atoms with Gasteiger partial charge in [-0.1, -0.05) is 0 Å². The second-order valence-corrected chi connectivity index (χ2v) is 9.41. The summed E-state index contributed by atoms with van der Waals surface area (Å²) in [6.45, 7) is 2.10. The molecule has 1 atom stereocenters. The number of thiazole rings is 1. The van der Waals surface area contributed by atoms with Crippen molar-refractivity contribution < 1.29 is 18.3 Å². The first-order valence-electron chi connectivity index (χ1n) is 10.9. The first-order chi connectivity index (χ1) is 16.8. The van der Waals surface area contributed by atoms with E-state index < -0.39 is 23.0 Å². The van der Waals surface area contributed by atoms with Crippen LogP contribution in [-0.4, -0.2) is 54.5 Å². The minimum atomic E-state index is -0.874. The largest absolute Gasteiger partial charge is 0.481 e. The lowest BCUT2D eigenvalue weighted by molar-refractivity contribution is 0.0936. The van der Waals surface area contributed by atoms with Crippen molar-refractivity contribution in [1.82, 2.24) is 40.3 Å². The van der Waals surface area contributed by atoms with E-state index in [-0.39, 0.29) is 18.1 Å². The third-order valence-electron chi connectivity index (χ3n) is 6.01. The average molecular weight is 501 g/mol. The number of carbonyl (C=O) groups is 1. The predicted octanol–water partition coefficient (Wildman–Crippen LogP) is 2.75. The molecular formula is C22H22F2N8O2S. The number of aryl methyl sites for hydroxylation is 1. The number of carbonyl (C=O) groups excluding carboxylic acids is 1. The summed E-state index contributed by atoms with van der Waals surface area (Å²) >= 11 is 1.52. The summed E-state index contributed by atoms with van der Waals surface area (Å²) in [6.07, 6.45) is 3.96. The summed E-state index contributed by atoms with van der Waals surface area (Å²) in [5, 5.41) is 21.5. The van der Waals surface area contributed by atoms with Gasteiger partial charge in [0.15, 0.2) is 5.82 Å². The first kappa shape index (κ1) is 23.0. The van der Waals surface area contributed by atoms with E-state index in [0.29, 0.717) is 17.9 Å². The molecule has 1 amide bonds. The van der Waals surface area contributed by atoms with Crippen molar-refractivity contribution in [3.05, 3.63) is 63.5 Å². The van der Waals surface area contributed by atoms with Crippen molar-refractivity contribution in [2.45, 2.75) is 31.1 Å². The lowest BCUT2D eigenvalue weighted by atomic mass is 9.84. The molecule has 0 saturated heterocycles. The highest BCUT2D eigenvalue weighted by molar-refractivity contribution is 7.09. The van der Waals surface area contributed by atoms with Crippen LogP contribution in [0.15, 0.2) is 29.8 Å². The Hall–Kier alpha value is -3.74. The second-order valence-electron chi connectivity index (χ2n) is 8.56. The molecule has 10 nitrogen and oxygen atoms in total. The topological polar surface area (TPSA) is 113 Å². The summed E-state index contributed by atoms with van der Waals surface area (Å²) in [4.78, 5) is 18.6. The Morgan fingerprint density at radius 3 is 2.86 bits per heavy atom. The summed E-state index contributed by atoms with van der Waals surface area (Å²) < 4.78 is 34.5. The van der Waals surface area contributed by atoms with Gasteiger partial charge in [-0.25, -0.2) is 18.4 Å². The molecule has 1 aromatic carbocycles. The van der Waals surface area contributed by atoms with Gasteiger partial charge in [-0.3, -0.25) is 4.79 Å². The summed E-state index contributed by atoms with van der Waals surface area (Å²) in [7, 11) is 3.34. The molecule has 1 aliphatic rings. The Kier molecular flexibility index (Phi) is 5.79. The maximum Gasteiger partial charge on any atom is 0.292 e. The van der Waals surface area contributed by atoms with E-state index in [1.54, 1.807) is 25.0 Å². The zero-order valence-corrected chi connectivity index (χ0v) is 20.0. The van der Waals surface area contributed by atoms with E-state index in [4.69, 9.17) is 9.72 Å². The van der Waals surface area contributed by atoms with Gasteiger partial charge in [0.1, 0.15) is 16.5 Å². The average Bonchev–Trinajstić information content (AvgIpc) is 3.23. The maximum absolute atomic E-state index is 14.1. The van der Waals surface area contributed by atoms with Crippen molar-refractivity contribution >= 4 is 17.2 Å². The summed E-state index contributed by atoms with van der Waals surface area (Å²) in [5.74, 6) is -1.43. The number of nitrogens with zero attached hydrogens (tertiary/aromatic N) is 7. The van der Waals surface area contributed by atoms with Crippen LogP contribution >= 0.6 is 11.3 Å². The molecule has 1 saturated carbocycles. The van der Waals surface area contributed by atoms with Gasteiger partial charge < -0.3 is 10.1 Å². The van der Waals surface area contributed by atoms with Crippen molar-refractivity contribution in [2.24, 2.45) is 7.05 Å². The number of halogens is 2. The molecule has 35 heavy (non-hydrogen) atoms. The SMILES string of the molecule is COc1c(C(C)(CNC(=O)c2nnn(-c3ccc(F)cc3F)n2)c2nc(C3CC3)cs2)cnn1C. The number of methoxy groups -OCH3 is 1. The van der Waals surface area contributed by atoms with Crippen molar-refractivity contribution in [3.8, 4) is 11.6 Å². The molecule has 0 bridgehead atoms. The normalized spacial score (nSPS) is 15.1. The third-order valence-corrected chi connectivity index (χ3v) is 7.13. The molecule has 0 spiro atoms. The van der Waals surface area contributed by atoms with E-state index in [1.807, 2.05) is 6.92 Å². The second kappa shape index (κ2) is 8.80. The quantitative estimate of drug-likeness (QED) is 0.396. The predicted molar refractivity (Wildman–Crippen MR) is 122 cm³/mol. The molecule has 3 heterocycles. The Bertz CT molecular complexity index is 1400. The summed E-state index contributed by atoms with van der Waals surface area (Å²) in [5.41, 5.74) is 0.936. The van der Waals surface area contributed by atoms with Gasteiger partial charge in [-0.05, 0) is 37.1 Å². The zero-order chi connectivity index (χ0) is 24.7. The molecule has 4 aromatic rings. The van der Waals surface area contributed by atoms with Crippen LogP contribution in [0.4, 0.5) is 8.78 Å². The van der Waals surface area contributed by atoms with Crippen LogP contribution in [0.5, 0.6) is 5.88 Å². The van der Waals surface area contributed by atoms with Crippen LogP contribution in [0.25, 0.3) is 5.69 Å². The number of aromatic nitrogens is 7. The molecule has 1 aliphatic carbocycles. The van der Waals surface area contributed by atoms with Crippen LogP contribution in [-0.2, 0) is 12.5 Å². The molecule has 0 aliphatic heterocycles. The third kappa shape index (κ3) is 4.27. The molecule has 13 heteroatoms. The molecule has 1 unspecified atom stereocenters. The zero-order valence-electron chi connectivity index (χ0n) is 19.2. The fourth-order valence-corrected chi connectivity index (χ4v) is 4.90. The van der Waals surface area contributed by atoms with E-state index in [1.165, 1.54) is 17.4 Å². The van der Waals surface area contributed by atoms with Crippen molar-refractivity contribution in [2.75, 3.05) is 13.7 Å². The monoisotopic (exact) mass is 500 g/mol. The van der Waals surface area contributed by atoms with Gasteiger partial charge in [-0.2, -0.15) is 5.10 Å². The smallest absolute Gasteiger partial charge is 0.292 e. The Morgan fingerprint density at radius 1 is 1.34 bits per heavy atom. The number of hydrogen-bond donors (Lipinski definition) is 1. The fraction of sp³-hybridized carbons (Fsp3) is 0.364. The minimum Gasteiger partial charge on any atom is -0.481 e. The lowest BCUT2D eigenvalue weighted by Crippen LogP contribution is -2.40. The van der Waals surface area contributed by atoms with Gasteiger partial charge >= 0.3 is 0 Å². The number of amides is 1. The van der Waals surface area contributed by atoms with Gasteiger partial charge in [-0.15, -0.1) is 26.3 Å². The Labute approximate surface area is 202 Å². The molecule has 5 rings (SSSR count). The highest BCUT2D eigenvalue weighted by atomic mass is 32.1. The van der Waals surface area contributed by atoms with Crippen molar-refractivity contribution in [3.63, 3.8) is 0 Å². The number of tetrazole rings is 1. The highest BCUT2D eigenvalue weighted by Gasteiger charge is 2.39. The molecule has 1 fully saturated rings. The van der Waals surface area contributed by atoms with Gasteiger partial charge in [0.2, 0.25) is 5.88 Å². The Morgan fingerprint density at radius 2 is 2.14 bits per heavy atom. The van der Waals surface area contributed by atoms with E-state index >= 15 is 0 Å². The number of nitrogens with one attached hydrogen (secondary N) is 1. The number of hydrogen-bond acceptors (Lipinski definition) is 8. The lowest BCUT2D eigenvalue weighted by Gasteiger charge is -2.27. The van der Waals surface area contributed by atoms with E-state index in [9.17, 15) is 13.6 Å². The fourth-order valence-electron chi connectivity index (χ4n) is 3.83. The number of rotatable bonds is 8. The van der Waals surface area contributed by atoms with Crippen LogP contribution in [0.2, 0.25) is 0 Å². The van der Waals surface area contributed by atoms with Gasteiger partial charge in [0.05, 0.1) is 24.4 Å². The molecule has 1 N–H and O–H groups in total. The molecule has 0 radical (unpaired) electrons. The molecular weight excluding hydrogens is 478 g/mol. The highest BCUT2D eigenvalue weighted by Crippen LogP contribution is 2.44. The summed E-state index contributed by atoms with van der Waals surface area (Å²) in [6, 6.07) is 2.94. The van der Waals surface area contributed by atoms with Crippen LogP contribution in [0.3, 0.4) is 0 Å². The van der Waals surface area contributed by atoms with Crippen LogP contribution in [0, 0.1) is 11.6 Å². The number of ether oxygens (including phenoxy) is 1. The van der Waals surface area contributed by atoms with Gasteiger partial charge in [0.25, 0.3) is 11.7 Å². The molecule has 182 valence electrons. The number of benzene rings is 1. The van der Waals surface area contributed by atoms with E-state index in [0.717, 1.165) is 40.0 Å². The Balaban J connectivity index is 1.41. The van der Waals surface area contributed by atoms with Crippen LogP contribution < -0.4 is 10.1 Å². The van der Waals surface area contributed by atoms with E-state index in [2.05, 4.69) is 31.2 Å². The maximum atomic E-state index is 14.1. The van der Waals surface area contributed by atoms with Gasteiger partial charge in [0, 0.05) is 36.5 Å². The van der Waals surface area contributed by atoms with Crippen LogP contribution in [0.1, 0.15) is 52.6 Å². The van der Waals surface area contributed by atoms with Crippen molar-refractivity contribution in [1.29, 1.82) is 0 Å². The minimum absolute atomic E-state index is 0.127. The molecule has 3 aromatic heterocycles. The first-order valence-corrected chi connectivity index (χ1v) is 11.7. The standard InChI is InChI=1S/C22H22F2N8O2S/c1-22(14-9-26-31(2)20(14)34-3,21-27-16(10-35-21)12-4-5-12)11-25-19(33)18-28-30-32(29-18)17-7-6-13(23)8-15(17)24/h6-10,12H,4-5,11H2,1-3H3,(H,25,33).